The second-order valence-corrected chi connectivity index (χ2v) is 5.62. The van der Waals surface area contributed by atoms with Gasteiger partial charge in [-0.1, -0.05) is 24.3 Å². The molecule has 1 aromatic heterocycles. The van der Waals surface area contributed by atoms with Gasteiger partial charge in [0.25, 0.3) is 5.91 Å². The number of esters is 1. The first-order valence-corrected chi connectivity index (χ1v) is 7.77. The number of ether oxygens (including phenoxy) is 1. The SMILES string of the molecule is COC(=O)[C@@H](Cc1c[nH]c2ccccc12)NC(=O)c1cccc(F)c1. The standard InChI is InChI=1S/C19H17FN2O3/c1-25-19(24)17(22-18(23)12-5-4-6-14(20)9-12)10-13-11-21-16-8-3-2-7-15(13)16/h2-9,11,17,21H,10H2,1H3,(H,22,23)/t17-/m1/s1. The van der Waals surface area contributed by atoms with Crippen LogP contribution in [0.1, 0.15) is 15.9 Å². The largest absolute Gasteiger partial charge is 0.467 e. The van der Waals surface area contributed by atoms with Crippen molar-refractivity contribution in [2.24, 2.45) is 0 Å². The molecule has 1 heterocycles. The maximum atomic E-state index is 13.3. The number of carbonyl (C=O) groups is 2. The van der Waals surface area contributed by atoms with Gasteiger partial charge in [0.1, 0.15) is 11.9 Å². The van der Waals surface area contributed by atoms with Crippen molar-refractivity contribution < 1.29 is 18.7 Å². The van der Waals surface area contributed by atoms with E-state index in [1.54, 1.807) is 6.20 Å². The van der Waals surface area contributed by atoms with Gasteiger partial charge in [0.05, 0.1) is 7.11 Å². The van der Waals surface area contributed by atoms with Crippen LogP contribution in [0.3, 0.4) is 0 Å². The van der Waals surface area contributed by atoms with E-state index in [9.17, 15) is 14.0 Å². The number of para-hydroxylation sites is 1. The van der Waals surface area contributed by atoms with Gasteiger partial charge in [-0.2, -0.15) is 0 Å². The highest BCUT2D eigenvalue weighted by Gasteiger charge is 2.24. The maximum Gasteiger partial charge on any atom is 0.328 e. The Morgan fingerprint density at radius 1 is 1.20 bits per heavy atom. The number of rotatable bonds is 5. The fourth-order valence-corrected chi connectivity index (χ4v) is 2.73. The molecular formula is C19H17FN2O3. The van der Waals surface area contributed by atoms with Crippen LogP contribution >= 0.6 is 0 Å². The normalized spacial score (nSPS) is 11.9. The molecule has 0 radical (unpaired) electrons. The van der Waals surface area contributed by atoms with Crippen molar-refractivity contribution in [3.05, 3.63) is 71.7 Å². The van der Waals surface area contributed by atoms with Crippen LogP contribution in [0.5, 0.6) is 0 Å². The highest BCUT2D eigenvalue weighted by atomic mass is 19.1. The molecular weight excluding hydrogens is 323 g/mol. The molecule has 0 fully saturated rings. The maximum absolute atomic E-state index is 13.3. The van der Waals surface area contributed by atoms with E-state index in [0.29, 0.717) is 0 Å². The minimum absolute atomic E-state index is 0.146. The van der Waals surface area contributed by atoms with E-state index in [-0.39, 0.29) is 12.0 Å². The molecule has 25 heavy (non-hydrogen) atoms. The van der Waals surface area contributed by atoms with Crippen LogP contribution in [0.25, 0.3) is 10.9 Å². The van der Waals surface area contributed by atoms with Crippen molar-refractivity contribution in [2.75, 3.05) is 7.11 Å². The second-order valence-electron chi connectivity index (χ2n) is 5.62. The third-order valence-corrected chi connectivity index (χ3v) is 3.98. The molecule has 1 amide bonds. The first-order chi connectivity index (χ1) is 12.1. The summed E-state index contributed by atoms with van der Waals surface area (Å²) in [5, 5.41) is 3.59. The Hall–Kier alpha value is -3.15. The van der Waals surface area contributed by atoms with E-state index in [4.69, 9.17) is 4.74 Å². The molecule has 3 rings (SSSR count). The molecule has 5 nitrogen and oxygen atoms in total. The zero-order chi connectivity index (χ0) is 17.8. The first kappa shape index (κ1) is 16.7. The molecule has 0 aliphatic carbocycles. The lowest BCUT2D eigenvalue weighted by Gasteiger charge is -2.16. The molecule has 2 N–H and O–H groups in total. The van der Waals surface area contributed by atoms with Gasteiger partial charge < -0.3 is 15.0 Å². The fraction of sp³-hybridized carbons (Fsp3) is 0.158. The summed E-state index contributed by atoms with van der Waals surface area (Å²) in [6, 6.07) is 12.1. The highest BCUT2D eigenvalue weighted by molar-refractivity contribution is 5.97. The minimum Gasteiger partial charge on any atom is -0.467 e. The van der Waals surface area contributed by atoms with Crippen LogP contribution in [-0.4, -0.2) is 30.0 Å². The smallest absolute Gasteiger partial charge is 0.328 e. The number of halogens is 1. The van der Waals surface area contributed by atoms with Crippen molar-refractivity contribution >= 4 is 22.8 Å². The molecule has 1 atom stereocenters. The number of H-pyrrole nitrogens is 1. The number of carbonyl (C=O) groups excluding carboxylic acids is 2. The third-order valence-electron chi connectivity index (χ3n) is 3.98. The molecule has 0 spiro atoms. The molecule has 0 bridgehead atoms. The number of aromatic amines is 1. The molecule has 3 aromatic rings. The van der Waals surface area contributed by atoms with E-state index in [1.165, 1.54) is 25.3 Å². The van der Waals surface area contributed by atoms with E-state index in [0.717, 1.165) is 22.5 Å². The summed E-state index contributed by atoms with van der Waals surface area (Å²) in [7, 11) is 1.26. The Kier molecular flexibility index (Phi) is 4.79. The second kappa shape index (κ2) is 7.17. The van der Waals surface area contributed by atoms with Crippen LogP contribution in [0.2, 0.25) is 0 Å². The molecule has 0 unspecified atom stereocenters. The van der Waals surface area contributed by atoms with Crippen molar-refractivity contribution in [3.63, 3.8) is 0 Å². The minimum atomic E-state index is -0.875. The van der Waals surface area contributed by atoms with Crippen molar-refractivity contribution in [2.45, 2.75) is 12.5 Å². The van der Waals surface area contributed by atoms with E-state index in [1.807, 2.05) is 24.3 Å². The predicted molar refractivity (Wildman–Crippen MR) is 91.7 cm³/mol. The van der Waals surface area contributed by atoms with Crippen LogP contribution in [0.4, 0.5) is 4.39 Å². The molecule has 0 aliphatic rings. The summed E-state index contributed by atoms with van der Waals surface area (Å²) in [6.07, 6.45) is 2.06. The molecule has 128 valence electrons. The Morgan fingerprint density at radius 2 is 2.00 bits per heavy atom. The monoisotopic (exact) mass is 340 g/mol. The fourth-order valence-electron chi connectivity index (χ4n) is 2.73. The number of amides is 1. The average Bonchev–Trinajstić information content (AvgIpc) is 3.03. The number of nitrogens with one attached hydrogen (secondary N) is 2. The van der Waals surface area contributed by atoms with Crippen molar-refractivity contribution in [1.82, 2.24) is 10.3 Å². The van der Waals surface area contributed by atoms with Gasteiger partial charge in [0.15, 0.2) is 0 Å². The van der Waals surface area contributed by atoms with Crippen LogP contribution in [0, 0.1) is 5.82 Å². The van der Waals surface area contributed by atoms with Gasteiger partial charge in [-0.05, 0) is 29.8 Å². The number of methoxy groups -OCH3 is 1. The lowest BCUT2D eigenvalue weighted by Crippen LogP contribution is -2.43. The Bertz CT molecular complexity index is 920. The van der Waals surface area contributed by atoms with Crippen LogP contribution in [-0.2, 0) is 16.0 Å². The van der Waals surface area contributed by atoms with E-state index < -0.39 is 23.7 Å². The Balaban J connectivity index is 1.83. The van der Waals surface area contributed by atoms with Gasteiger partial charge in [-0.25, -0.2) is 9.18 Å². The summed E-state index contributed by atoms with van der Waals surface area (Å²) in [5.74, 6) is -1.61. The molecule has 6 heteroatoms. The molecule has 2 aromatic carbocycles. The van der Waals surface area contributed by atoms with Gasteiger partial charge >= 0.3 is 5.97 Å². The summed E-state index contributed by atoms with van der Waals surface area (Å²) in [4.78, 5) is 27.5. The number of benzene rings is 2. The van der Waals surface area contributed by atoms with Crippen LogP contribution < -0.4 is 5.32 Å². The Morgan fingerprint density at radius 3 is 2.76 bits per heavy atom. The number of hydrogen-bond donors (Lipinski definition) is 2. The summed E-state index contributed by atoms with van der Waals surface area (Å²) < 4.78 is 18.1. The highest BCUT2D eigenvalue weighted by Crippen LogP contribution is 2.19. The van der Waals surface area contributed by atoms with E-state index >= 15 is 0 Å². The van der Waals surface area contributed by atoms with Crippen LogP contribution in [0.15, 0.2) is 54.7 Å². The number of aromatic nitrogens is 1. The van der Waals surface area contributed by atoms with Gasteiger partial charge in [-0.15, -0.1) is 0 Å². The summed E-state index contributed by atoms with van der Waals surface area (Å²) in [5.41, 5.74) is 1.97. The summed E-state index contributed by atoms with van der Waals surface area (Å²) >= 11 is 0. The molecule has 0 saturated heterocycles. The van der Waals surface area contributed by atoms with Gasteiger partial charge in [-0.3, -0.25) is 4.79 Å². The van der Waals surface area contributed by atoms with Crippen molar-refractivity contribution in [3.8, 4) is 0 Å². The van der Waals surface area contributed by atoms with Gasteiger partial charge in [0, 0.05) is 29.1 Å². The quantitative estimate of drug-likeness (QED) is 0.702. The lowest BCUT2D eigenvalue weighted by molar-refractivity contribution is -0.142. The van der Waals surface area contributed by atoms with Gasteiger partial charge in [0.2, 0.25) is 0 Å². The molecule has 0 saturated carbocycles. The average molecular weight is 340 g/mol. The molecule has 0 aliphatic heterocycles. The van der Waals surface area contributed by atoms with E-state index in [2.05, 4.69) is 10.3 Å². The number of hydrogen-bond acceptors (Lipinski definition) is 3. The predicted octanol–water partition coefficient (Wildman–Crippen LogP) is 2.82. The van der Waals surface area contributed by atoms with Crippen molar-refractivity contribution in [1.29, 1.82) is 0 Å². The Labute approximate surface area is 143 Å². The number of fused-ring (bicyclic) bond motifs is 1. The zero-order valence-electron chi connectivity index (χ0n) is 13.6. The topological polar surface area (TPSA) is 71.2 Å². The first-order valence-electron chi connectivity index (χ1n) is 7.77. The summed E-state index contributed by atoms with van der Waals surface area (Å²) in [6.45, 7) is 0. The lowest BCUT2D eigenvalue weighted by atomic mass is 10.0. The third kappa shape index (κ3) is 3.68. The zero-order valence-corrected chi connectivity index (χ0v) is 13.6.